The lowest BCUT2D eigenvalue weighted by Crippen LogP contribution is -2.24. The van der Waals surface area contributed by atoms with Gasteiger partial charge in [0.2, 0.25) is 5.91 Å². The van der Waals surface area contributed by atoms with Crippen molar-refractivity contribution in [2.24, 2.45) is 0 Å². The second-order valence-corrected chi connectivity index (χ2v) is 5.86. The Balaban J connectivity index is 1.85. The fraction of sp³-hybridized carbons (Fsp3) is 0.200. The summed E-state index contributed by atoms with van der Waals surface area (Å²) < 4.78 is 0. The van der Waals surface area contributed by atoms with E-state index in [4.69, 9.17) is 0 Å². The van der Waals surface area contributed by atoms with Crippen molar-refractivity contribution in [2.75, 3.05) is 0 Å². The van der Waals surface area contributed by atoms with Crippen molar-refractivity contribution in [2.45, 2.75) is 26.8 Å². The number of aromatic nitrogens is 1. The van der Waals surface area contributed by atoms with E-state index in [1.165, 1.54) is 0 Å². The highest BCUT2D eigenvalue weighted by Crippen LogP contribution is 2.15. The lowest BCUT2D eigenvalue weighted by atomic mass is 10.1. The Labute approximate surface area is 148 Å². The summed E-state index contributed by atoms with van der Waals surface area (Å²) >= 11 is 0. The molecule has 0 radical (unpaired) electrons. The van der Waals surface area contributed by atoms with Gasteiger partial charge in [-0.25, -0.2) is 0 Å². The van der Waals surface area contributed by atoms with Crippen molar-refractivity contribution >= 4 is 5.91 Å². The lowest BCUT2D eigenvalue weighted by molar-refractivity contribution is -0.119. The molecule has 1 aromatic heterocycles. The van der Waals surface area contributed by atoms with Crippen molar-refractivity contribution in [3.05, 3.63) is 83.5 Å². The maximum atomic E-state index is 12.0. The molecule has 25 heavy (non-hydrogen) atoms. The van der Waals surface area contributed by atoms with Gasteiger partial charge in [0.1, 0.15) is 5.75 Å². The molecule has 2 rings (SSSR count). The Bertz CT molecular complexity index is 783. The zero-order valence-corrected chi connectivity index (χ0v) is 14.5. The molecular weight excluding hydrogens is 314 g/mol. The number of pyridine rings is 1. The maximum absolute atomic E-state index is 12.0. The average molecular weight is 337 g/mol. The van der Waals surface area contributed by atoms with Crippen molar-refractivity contribution in [3.63, 3.8) is 0 Å². The first-order valence-electron chi connectivity index (χ1n) is 8.03. The fourth-order valence-corrected chi connectivity index (χ4v) is 2.32. The van der Waals surface area contributed by atoms with Gasteiger partial charge in [0, 0.05) is 29.8 Å². The molecule has 0 aliphatic heterocycles. The molecule has 1 amide bonds. The number of carbonyl (C=O) groups is 1. The number of aromatic hydroxyl groups is 1. The molecule has 5 nitrogen and oxygen atoms in total. The molecule has 0 aliphatic rings. The Morgan fingerprint density at radius 1 is 1.32 bits per heavy atom. The molecule has 0 aliphatic carbocycles. The van der Waals surface area contributed by atoms with Crippen LogP contribution < -0.4 is 10.6 Å². The largest absolute Gasteiger partial charge is 0.508 e. The van der Waals surface area contributed by atoms with Crippen molar-refractivity contribution in [3.8, 4) is 5.75 Å². The first-order valence-corrected chi connectivity index (χ1v) is 8.03. The molecule has 0 fully saturated rings. The molecule has 0 bridgehead atoms. The third-order valence-electron chi connectivity index (χ3n) is 3.65. The van der Waals surface area contributed by atoms with Gasteiger partial charge in [0.15, 0.2) is 0 Å². The first kappa shape index (κ1) is 18.3. The van der Waals surface area contributed by atoms with Crippen LogP contribution in [0.2, 0.25) is 0 Å². The number of phenols is 1. The fourth-order valence-electron chi connectivity index (χ4n) is 2.32. The first-order chi connectivity index (χ1) is 11.9. The van der Waals surface area contributed by atoms with E-state index < -0.39 is 0 Å². The molecule has 2 aromatic rings. The van der Waals surface area contributed by atoms with Crippen LogP contribution in [0.25, 0.3) is 0 Å². The smallest absolute Gasteiger partial charge is 0.230 e. The number of nitrogens with zero attached hydrogens (tertiary/aromatic N) is 1. The monoisotopic (exact) mass is 337 g/mol. The number of aryl methyl sites for hydroxylation is 1. The number of allylic oxidation sites excluding steroid dienone is 2. The van der Waals surface area contributed by atoms with Gasteiger partial charge >= 0.3 is 0 Å². The van der Waals surface area contributed by atoms with Gasteiger partial charge in [0.05, 0.1) is 6.42 Å². The number of carbonyl (C=O) groups excluding carboxylic acids is 1. The minimum absolute atomic E-state index is 0.156. The summed E-state index contributed by atoms with van der Waals surface area (Å²) in [5, 5.41) is 15.6. The Morgan fingerprint density at radius 3 is 2.84 bits per heavy atom. The molecule has 0 atom stereocenters. The molecular formula is C20H23N3O2. The Morgan fingerprint density at radius 2 is 2.12 bits per heavy atom. The maximum Gasteiger partial charge on any atom is 0.230 e. The van der Waals surface area contributed by atoms with E-state index in [0.717, 1.165) is 16.8 Å². The van der Waals surface area contributed by atoms with Crippen LogP contribution in [0.4, 0.5) is 0 Å². The molecule has 0 spiro atoms. The van der Waals surface area contributed by atoms with Crippen LogP contribution in [-0.4, -0.2) is 16.0 Å². The van der Waals surface area contributed by atoms with Crippen LogP contribution in [0.1, 0.15) is 23.7 Å². The minimum Gasteiger partial charge on any atom is -0.508 e. The van der Waals surface area contributed by atoms with Gasteiger partial charge in [-0.15, -0.1) is 0 Å². The third kappa shape index (κ3) is 6.14. The lowest BCUT2D eigenvalue weighted by Gasteiger charge is -2.11. The number of nitrogens with one attached hydrogen (secondary N) is 2. The molecule has 1 aromatic carbocycles. The van der Waals surface area contributed by atoms with E-state index in [9.17, 15) is 9.90 Å². The highest BCUT2D eigenvalue weighted by Gasteiger charge is 2.05. The number of hydrogen-bond donors (Lipinski definition) is 3. The van der Waals surface area contributed by atoms with E-state index in [0.29, 0.717) is 17.9 Å². The van der Waals surface area contributed by atoms with Gasteiger partial charge in [-0.1, -0.05) is 18.7 Å². The Hall–Kier alpha value is -3.08. The zero-order chi connectivity index (χ0) is 18.2. The van der Waals surface area contributed by atoms with E-state index in [-0.39, 0.29) is 18.1 Å². The van der Waals surface area contributed by atoms with Crippen LogP contribution in [0.5, 0.6) is 5.75 Å². The van der Waals surface area contributed by atoms with Crippen molar-refractivity contribution in [1.82, 2.24) is 15.6 Å². The van der Waals surface area contributed by atoms with E-state index in [2.05, 4.69) is 22.2 Å². The number of benzene rings is 1. The van der Waals surface area contributed by atoms with E-state index in [1.54, 1.807) is 24.4 Å². The van der Waals surface area contributed by atoms with Crippen LogP contribution in [0.15, 0.2) is 66.6 Å². The average Bonchev–Trinajstić information content (AvgIpc) is 2.56. The van der Waals surface area contributed by atoms with Crippen molar-refractivity contribution < 1.29 is 9.90 Å². The number of phenolic OH excluding ortho intramolecular Hbond substituents is 1. The predicted octanol–water partition coefficient (Wildman–Crippen LogP) is 2.96. The summed E-state index contributed by atoms with van der Waals surface area (Å²) in [5.41, 5.74) is 4.20. The topological polar surface area (TPSA) is 74.2 Å². The Kier molecular flexibility index (Phi) is 6.34. The number of rotatable bonds is 7. The zero-order valence-electron chi connectivity index (χ0n) is 14.5. The summed E-state index contributed by atoms with van der Waals surface area (Å²) in [7, 11) is 0. The number of amides is 1. The van der Waals surface area contributed by atoms with Crippen LogP contribution >= 0.6 is 0 Å². The SMILES string of the molecule is C=C(/C=C(/C)NCc1cc(O)ccc1C)NC(=O)Cc1ccccn1. The van der Waals surface area contributed by atoms with Crippen LogP contribution in [0, 0.1) is 6.92 Å². The molecule has 0 unspecified atom stereocenters. The van der Waals surface area contributed by atoms with Gasteiger partial charge in [-0.05, 0) is 55.3 Å². The summed E-state index contributed by atoms with van der Waals surface area (Å²) in [6, 6.07) is 10.7. The van der Waals surface area contributed by atoms with Gasteiger partial charge in [-0.2, -0.15) is 0 Å². The highest BCUT2D eigenvalue weighted by molar-refractivity contribution is 5.80. The van der Waals surface area contributed by atoms with Gasteiger partial charge in [0.25, 0.3) is 0 Å². The molecule has 5 heteroatoms. The second-order valence-electron chi connectivity index (χ2n) is 5.86. The second kappa shape index (κ2) is 8.68. The standard InChI is InChI=1S/C20H23N3O2/c1-14-7-8-19(24)11-17(14)13-22-15(2)10-16(3)23-20(25)12-18-6-4-5-9-21-18/h4-11,22,24H,3,12-13H2,1-2H3,(H,23,25)/b15-10-. The van der Waals surface area contributed by atoms with Gasteiger partial charge in [-0.3, -0.25) is 9.78 Å². The van der Waals surface area contributed by atoms with Crippen LogP contribution in [0.3, 0.4) is 0 Å². The summed E-state index contributed by atoms with van der Waals surface area (Å²) in [6.07, 6.45) is 3.64. The summed E-state index contributed by atoms with van der Waals surface area (Å²) in [6.45, 7) is 8.32. The van der Waals surface area contributed by atoms with Crippen LogP contribution in [-0.2, 0) is 17.8 Å². The minimum atomic E-state index is -0.156. The molecule has 1 heterocycles. The molecule has 130 valence electrons. The molecule has 3 N–H and O–H groups in total. The highest BCUT2D eigenvalue weighted by atomic mass is 16.3. The van der Waals surface area contributed by atoms with E-state index in [1.807, 2.05) is 38.1 Å². The van der Waals surface area contributed by atoms with Gasteiger partial charge < -0.3 is 15.7 Å². The molecule has 0 saturated carbocycles. The third-order valence-corrected chi connectivity index (χ3v) is 3.65. The summed E-state index contributed by atoms with van der Waals surface area (Å²) in [4.78, 5) is 16.1. The normalized spacial score (nSPS) is 11.0. The number of hydrogen-bond acceptors (Lipinski definition) is 4. The van der Waals surface area contributed by atoms with E-state index >= 15 is 0 Å². The predicted molar refractivity (Wildman–Crippen MR) is 98.7 cm³/mol. The van der Waals surface area contributed by atoms with Crippen molar-refractivity contribution in [1.29, 1.82) is 0 Å². The summed E-state index contributed by atoms with van der Waals surface area (Å²) in [5.74, 6) is 0.0896. The quantitative estimate of drug-likeness (QED) is 0.679. The molecule has 0 saturated heterocycles.